The van der Waals surface area contributed by atoms with Crippen LogP contribution in [0.4, 0.5) is 34.5 Å². The molecule has 0 spiro atoms. The van der Waals surface area contributed by atoms with Crippen molar-refractivity contribution in [2.45, 2.75) is 13.8 Å². The molecule has 3 aromatic rings. The van der Waals surface area contributed by atoms with Crippen LogP contribution in [0.2, 0.25) is 0 Å². The van der Waals surface area contributed by atoms with E-state index in [-0.39, 0.29) is 11.7 Å². The van der Waals surface area contributed by atoms with Crippen molar-refractivity contribution < 1.29 is 9.53 Å². The Kier molecular flexibility index (Phi) is 6.24. The molecule has 1 fully saturated rings. The fourth-order valence-electron chi connectivity index (χ4n) is 4.45. The van der Waals surface area contributed by atoms with Gasteiger partial charge in [-0.25, -0.2) is 4.98 Å². The second-order valence-electron chi connectivity index (χ2n) is 9.34. The Morgan fingerprint density at radius 2 is 1.64 bits per heavy atom. The topological polar surface area (TPSA) is 85.9 Å². The Balaban J connectivity index is 1.32. The number of carbonyl (C=O) groups is 1. The van der Waals surface area contributed by atoms with E-state index < -0.39 is 0 Å². The first kappa shape index (κ1) is 23.6. The van der Waals surface area contributed by atoms with Gasteiger partial charge in [0.1, 0.15) is 5.82 Å². The average molecular weight is 486 g/mol. The molecule has 0 unspecified atom stereocenters. The second-order valence-corrected chi connectivity index (χ2v) is 9.34. The Morgan fingerprint density at radius 1 is 0.917 bits per heavy atom. The number of aryl methyl sites for hydroxylation is 2. The molecule has 0 atom stereocenters. The second kappa shape index (κ2) is 9.50. The number of amides is 1. The highest BCUT2D eigenvalue weighted by molar-refractivity contribution is 6.07. The molecule has 2 aromatic carbocycles. The van der Waals surface area contributed by atoms with Crippen molar-refractivity contribution in [3.63, 3.8) is 0 Å². The van der Waals surface area contributed by atoms with Crippen molar-refractivity contribution in [3.05, 3.63) is 66.1 Å². The summed E-state index contributed by atoms with van der Waals surface area (Å²) in [6, 6.07) is 11.9. The van der Waals surface area contributed by atoms with Crippen LogP contribution in [-0.4, -0.2) is 61.0 Å². The zero-order valence-electron chi connectivity index (χ0n) is 21.1. The molecule has 0 radical (unpaired) electrons. The van der Waals surface area contributed by atoms with Crippen LogP contribution < -0.4 is 25.2 Å². The normalized spacial score (nSPS) is 16.0. The first-order valence-electron chi connectivity index (χ1n) is 12.0. The number of ether oxygens (including phenoxy) is 1. The zero-order chi connectivity index (χ0) is 25.4. The molecule has 9 nitrogen and oxygen atoms in total. The number of aromatic nitrogens is 2. The monoisotopic (exact) mass is 485 g/mol. The van der Waals surface area contributed by atoms with Gasteiger partial charge in [0.2, 0.25) is 5.95 Å². The number of hydrogen-bond donors (Lipinski definition) is 2. The van der Waals surface area contributed by atoms with Gasteiger partial charge in [0.25, 0.3) is 5.91 Å². The Hall–Kier alpha value is -4.11. The Morgan fingerprint density at radius 3 is 2.39 bits per heavy atom. The Bertz CT molecular complexity index is 1330. The van der Waals surface area contributed by atoms with Gasteiger partial charge in [0.15, 0.2) is 11.5 Å². The molecule has 2 aliphatic rings. The van der Waals surface area contributed by atoms with Gasteiger partial charge in [0.05, 0.1) is 5.69 Å². The lowest BCUT2D eigenvalue weighted by Crippen LogP contribution is -2.44. The maximum atomic E-state index is 12.2. The molecule has 0 saturated carbocycles. The first-order chi connectivity index (χ1) is 17.3. The number of fused-ring (bicyclic) bond motifs is 1. The van der Waals surface area contributed by atoms with E-state index in [4.69, 9.17) is 9.72 Å². The SMILES string of the molecule is C=C1Oc2ccc(Nc3nc(Nc4ccc(N5CCN(C)CC5)c(C)c4)ncc3C)cc2N(C)C1=O. The molecule has 1 amide bonds. The summed E-state index contributed by atoms with van der Waals surface area (Å²) in [5.74, 6) is 1.61. The van der Waals surface area contributed by atoms with E-state index in [0.717, 1.165) is 43.1 Å². The lowest BCUT2D eigenvalue weighted by Gasteiger charge is -2.35. The van der Waals surface area contributed by atoms with E-state index in [9.17, 15) is 4.79 Å². The van der Waals surface area contributed by atoms with Crippen LogP contribution in [0.5, 0.6) is 5.75 Å². The molecule has 1 aromatic heterocycles. The summed E-state index contributed by atoms with van der Waals surface area (Å²) in [4.78, 5) is 27.7. The third-order valence-corrected chi connectivity index (χ3v) is 6.63. The van der Waals surface area contributed by atoms with Crippen LogP contribution in [0.25, 0.3) is 0 Å². The Labute approximate surface area is 211 Å². The van der Waals surface area contributed by atoms with Crippen LogP contribution >= 0.6 is 0 Å². The lowest BCUT2D eigenvalue weighted by atomic mass is 10.1. The number of nitrogens with zero attached hydrogens (tertiary/aromatic N) is 5. The fourth-order valence-corrected chi connectivity index (χ4v) is 4.45. The third-order valence-electron chi connectivity index (χ3n) is 6.63. The molecule has 3 heterocycles. The van der Waals surface area contributed by atoms with Gasteiger partial charge in [0, 0.05) is 62.0 Å². The lowest BCUT2D eigenvalue weighted by molar-refractivity contribution is -0.117. The summed E-state index contributed by atoms with van der Waals surface area (Å²) in [5.41, 5.74) is 5.76. The molecule has 2 aliphatic heterocycles. The molecule has 5 rings (SSSR count). The predicted molar refractivity (Wildman–Crippen MR) is 144 cm³/mol. The molecule has 186 valence electrons. The van der Waals surface area contributed by atoms with E-state index in [2.05, 4.69) is 64.2 Å². The van der Waals surface area contributed by atoms with Crippen LogP contribution in [0.3, 0.4) is 0 Å². The standard InChI is InChI=1S/C27H31N7O2/c1-17-14-20(6-8-22(17)34-12-10-32(4)11-13-34)30-27-28-16-18(2)25(31-27)29-21-7-9-24-23(15-21)33(5)26(35)19(3)36-24/h6-9,14-16H,3,10-13H2,1-2,4-5H3,(H2,28,29,30,31). The van der Waals surface area contributed by atoms with Gasteiger partial charge in [-0.05, 0) is 62.9 Å². The molecule has 9 heteroatoms. The summed E-state index contributed by atoms with van der Waals surface area (Å²) >= 11 is 0. The van der Waals surface area contributed by atoms with Crippen LogP contribution in [0, 0.1) is 13.8 Å². The number of carbonyl (C=O) groups excluding carboxylic acids is 1. The van der Waals surface area contributed by atoms with Gasteiger partial charge >= 0.3 is 0 Å². The fraction of sp³-hybridized carbons (Fsp3) is 0.296. The summed E-state index contributed by atoms with van der Waals surface area (Å²) in [6.45, 7) is 12.0. The number of nitrogens with one attached hydrogen (secondary N) is 2. The van der Waals surface area contributed by atoms with Crippen molar-refractivity contribution in [1.29, 1.82) is 0 Å². The maximum absolute atomic E-state index is 12.2. The zero-order valence-corrected chi connectivity index (χ0v) is 21.1. The molecular formula is C27H31N7O2. The minimum Gasteiger partial charge on any atom is -0.450 e. The maximum Gasteiger partial charge on any atom is 0.293 e. The smallest absolute Gasteiger partial charge is 0.293 e. The van der Waals surface area contributed by atoms with E-state index in [0.29, 0.717) is 23.2 Å². The largest absolute Gasteiger partial charge is 0.450 e. The van der Waals surface area contributed by atoms with Gasteiger partial charge in [-0.15, -0.1) is 0 Å². The van der Waals surface area contributed by atoms with Crippen molar-refractivity contribution in [1.82, 2.24) is 14.9 Å². The third kappa shape index (κ3) is 4.70. The van der Waals surface area contributed by atoms with Gasteiger partial charge < -0.3 is 30.1 Å². The molecule has 0 aliphatic carbocycles. The highest BCUT2D eigenvalue weighted by atomic mass is 16.5. The molecular weight excluding hydrogens is 454 g/mol. The number of anilines is 6. The van der Waals surface area contributed by atoms with Crippen LogP contribution in [0.15, 0.2) is 54.9 Å². The summed E-state index contributed by atoms with van der Waals surface area (Å²) < 4.78 is 5.54. The van der Waals surface area contributed by atoms with Gasteiger partial charge in [-0.2, -0.15) is 4.98 Å². The van der Waals surface area contributed by atoms with Crippen molar-refractivity contribution in [2.24, 2.45) is 0 Å². The van der Waals surface area contributed by atoms with Gasteiger partial charge in [-0.3, -0.25) is 4.79 Å². The minimum absolute atomic E-state index is 0.111. The molecule has 0 bridgehead atoms. The summed E-state index contributed by atoms with van der Waals surface area (Å²) in [5, 5.41) is 6.68. The number of hydrogen-bond acceptors (Lipinski definition) is 8. The highest BCUT2D eigenvalue weighted by Gasteiger charge is 2.26. The number of rotatable bonds is 5. The van der Waals surface area contributed by atoms with E-state index in [1.807, 2.05) is 25.1 Å². The van der Waals surface area contributed by atoms with Gasteiger partial charge in [-0.1, -0.05) is 6.58 Å². The van der Waals surface area contributed by atoms with E-state index >= 15 is 0 Å². The number of piperazine rings is 1. The molecule has 2 N–H and O–H groups in total. The number of likely N-dealkylation sites (N-methyl/N-ethyl adjacent to an activating group) is 2. The van der Waals surface area contributed by atoms with Crippen molar-refractivity contribution in [3.8, 4) is 5.75 Å². The quantitative estimate of drug-likeness (QED) is 0.520. The van der Waals surface area contributed by atoms with Crippen molar-refractivity contribution in [2.75, 3.05) is 60.7 Å². The van der Waals surface area contributed by atoms with E-state index in [1.165, 1.54) is 16.2 Å². The predicted octanol–water partition coefficient (Wildman–Crippen LogP) is 4.20. The molecule has 1 saturated heterocycles. The highest BCUT2D eigenvalue weighted by Crippen LogP contribution is 2.37. The minimum atomic E-state index is -0.265. The van der Waals surface area contributed by atoms with E-state index in [1.54, 1.807) is 13.2 Å². The average Bonchev–Trinajstić information content (AvgIpc) is 2.86. The van der Waals surface area contributed by atoms with Crippen molar-refractivity contribution >= 4 is 40.4 Å². The summed E-state index contributed by atoms with van der Waals surface area (Å²) in [6.07, 6.45) is 1.78. The van der Waals surface area contributed by atoms with Crippen LogP contribution in [0.1, 0.15) is 11.1 Å². The summed E-state index contributed by atoms with van der Waals surface area (Å²) in [7, 11) is 3.87. The van der Waals surface area contributed by atoms with Crippen LogP contribution in [-0.2, 0) is 4.79 Å². The number of benzene rings is 2. The first-order valence-corrected chi connectivity index (χ1v) is 12.0. The molecule has 36 heavy (non-hydrogen) atoms.